The maximum Gasteiger partial charge on any atom is 0.195 e. The molecule has 0 saturated carbocycles. The molecule has 0 atom stereocenters. The third-order valence-electron chi connectivity index (χ3n) is 2.94. The number of phenols is 1. The zero-order valence-corrected chi connectivity index (χ0v) is 11.0. The number of benzene rings is 1. The molecule has 2 rings (SSSR count). The van der Waals surface area contributed by atoms with Crippen LogP contribution >= 0.6 is 0 Å². The molecular weight excluding hydrogens is 244 g/mol. The van der Waals surface area contributed by atoms with Gasteiger partial charge < -0.3 is 9.52 Å². The summed E-state index contributed by atoms with van der Waals surface area (Å²) in [6, 6.07) is 1.54. The third kappa shape index (κ3) is 2.05. The number of aromatic hydroxyl groups is 1. The minimum Gasteiger partial charge on any atom is -0.506 e. The molecule has 4 heteroatoms. The summed E-state index contributed by atoms with van der Waals surface area (Å²) in [5.41, 5.74) is 0.864. The van der Waals surface area contributed by atoms with Crippen molar-refractivity contribution in [1.29, 1.82) is 0 Å². The molecule has 4 nitrogen and oxygen atoms in total. The molecule has 1 heterocycles. The van der Waals surface area contributed by atoms with Gasteiger partial charge in [0, 0.05) is 11.1 Å². The van der Waals surface area contributed by atoms with E-state index in [1.54, 1.807) is 26.0 Å². The number of aryl methyl sites for hydroxylation is 1. The minimum absolute atomic E-state index is 0.0442. The molecule has 0 unspecified atom stereocenters. The first-order chi connectivity index (χ1) is 8.97. The fourth-order valence-corrected chi connectivity index (χ4v) is 2.01. The molecule has 98 valence electrons. The van der Waals surface area contributed by atoms with Crippen LogP contribution in [0, 0.1) is 6.92 Å². The van der Waals surface area contributed by atoms with E-state index in [2.05, 4.69) is 0 Å². The zero-order chi connectivity index (χ0) is 14.2. The summed E-state index contributed by atoms with van der Waals surface area (Å²) in [6.45, 7) is 4.75. The van der Waals surface area contributed by atoms with E-state index in [1.165, 1.54) is 19.3 Å². The van der Waals surface area contributed by atoms with E-state index in [-0.39, 0.29) is 28.1 Å². The van der Waals surface area contributed by atoms with Gasteiger partial charge in [0.1, 0.15) is 11.3 Å². The van der Waals surface area contributed by atoms with Crippen molar-refractivity contribution < 1.29 is 14.3 Å². The van der Waals surface area contributed by atoms with Gasteiger partial charge in [-0.05, 0) is 26.8 Å². The van der Waals surface area contributed by atoms with Gasteiger partial charge >= 0.3 is 0 Å². The predicted octanol–water partition coefficient (Wildman–Crippen LogP) is 3.04. The molecule has 0 aliphatic rings. The Hall–Kier alpha value is -2.36. The van der Waals surface area contributed by atoms with Gasteiger partial charge in [0.2, 0.25) is 0 Å². The number of hydrogen-bond acceptors (Lipinski definition) is 4. The molecule has 19 heavy (non-hydrogen) atoms. The first kappa shape index (κ1) is 13.1. The summed E-state index contributed by atoms with van der Waals surface area (Å²) < 4.78 is 5.32. The Morgan fingerprint density at radius 1 is 1.42 bits per heavy atom. The molecule has 1 N–H and O–H groups in total. The van der Waals surface area contributed by atoms with Crippen LogP contribution < -0.4 is 5.43 Å². The van der Waals surface area contributed by atoms with E-state index in [0.29, 0.717) is 16.5 Å². The van der Waals surface area contributed by atoms with Crippen LogP contribution in [0.4, 0.5) is 0 Å². The summed E-state index contributed by atoms with van der Waals surface area (Å²) in [4.78, 5) is 23.8. The van der Waals surface area contributed by atoms with Gasteiger partial charge in [-0.25, -0.2) is 0 Å². The van der Waals surface area contributed by atoms with Gasteiger partial charge in [-0.2, -0.15) is 0 Å². The van der Waals surface area contributed by atoms with Crippen LogP contribution in [0.5, 0.6) is 5.75 Å². The van der Waals surface area contributed by atoms with Crippen LogP contribution in [0.2, 0.25) is 0 Å². The maximum absolute atomic E-state index is 12.1. The Bertz CT molecular complexity index is 751. The quantitative estimate of drug-likeness (QED) is 0.841. The van der Waals surface area contributed by atoms with E-state index >= 15 is 0 Å². The normalized spacial score (nSPS) is 11.3. The Kier molecular flexibility index (Phi) is 3.25. The highest BCUT2D eigenvalue weighted by atomic mass is 16.3. The molecule has 0 fully saturated rings. The molecule has 0 aliphatic carbocycles. The lowest BCUT2D eigenvalue weighted by atomic mass is 10.0. The second kappa shape index (κ2) is 4.72. The minimum atomic E-state index is -0.346. The van der Waals surface area contributed by atoms with Gasteiger partial charge in [0.15, 0.2) is 16.8 Å². The van der Waals surface area contributed by atoms with E-state index in [4.69, 9.17) is 4.42 Å². The van der Waals surface area contributed by atoms with Gasteiger partial charge in [-0.3, -0.25) is 9.59 Å². The average molecular weight is 258 g/mol. The molecule has 1 aromatic heterocycles. The van der Waals surface area contributed by atoms with Crippen molar-refractivity contribution in [2.24, 2.45) is 0 Å². The molecule has 0 bridgehead atoms. The molecule has 0 spiro atoms. The lowest BCUT2D eigenvalue weighted by Crippen LogP contribution is -2.07. The molecule has 0 radical (unpaired) electrons. The van der Waals surface area contributed by atoms with E-state index in [9.17, 15) is 14.7 Å². The Morgan fingerprint density at radius 3 is 2.68 bits per heavy atom. The van der Waals surface area contributed by atoms with Crippen LogP contribution in [0.15, 0.2) is 27.6 Å². The number of carbonyl (C=O) groups is 1. The Labute approximate surface area is 110 Å². The van der Waals surface area contributed by atoms with Crippen molar-refractivity contribution in [3.63, 3.8) is 0 Å². The highest BCUT2D eigenvalue weighted by Crippen LogP contribution is 2.31. The van der Waals surface area contributed by atoms with Crippen LogP contribution in [0.1, 0.15) is 35.3 Å². The van der Waals surface area contributed by atoms with Gasteiger partial charge in [-0.15, -0.1) is 0 Å². The van der Waals surface area contributed by atoms with Crippen LogP contribution in [-0.4, -0.2) is 10.9 Å². The average Bonchev–Trinajstić information content (AvgIpc) is 2.35. The van der Waals surface area contributed by atoms with Gasteiger partial charge in [0.05, 0.1) is 11.6 Å². The van der Waals surface area contributed by atoms with E-state index in [1.807, 2.05) is 0 Å². The second-order valence-electron chi connectivity index (χ2n) is 4.37. The Morgan fingerprint density at radius 2 is 2.11 bits per heavy atom. The fourth-order valence-electron chi connectivity index (χ4n) is 2.01. The summed E-state index contributed by atoms with van der Waals surface area (Å²) in [6.07, 6.45) is 4.66. The van der Waals surface area contributed by atoms with E-state index < -0.39 is 0 Å². The van der Waals surface area contributed by atoms with Crippen molar-refractivity contribution >= 4 is 22.8 Å². The van der Waals surface area contributed by atoms with Crippen LogP contribution in [0.25, 0.3) is 17.0 Å². The van der Waals surface area contributed by atoms with Crippen molar-refractivity contribution in [1.82, 2.24) is 0 Å². The summed E-state index contributed by atoms with van der Waals surface area (Å²) in [7, 11) is 0. The summed E-state index contributed by atoms with van der Waals surface area (Å²) in [5, 5.41) is 10.4. The monoisotopic (exact) mass is 258 g/mol. The SMILES string of the molecule is CC=Cc1cc2c(=O)c(C)coc2c(C(C)=O)c1O. The largest absolute Gasteiger partial charge is 0.506 e. The van der Waals surface area contributed by atoms with Gasteiger partial charge in [0.25, 0.3) is 0 Å². The van der Waals surface area contributed by atoms with E-state index in [0.717, 1.165) is 0 Å². The fraction of sp³-hybridized carbons (Fsp3) is 0.200. The summed E-state index contributed by atoms with van der Waals surface area (Å²) in [5.74, 6) is -0.508. The topological polar surface area (TPSA) is 67.5 Å². The molecule has 1 aromatic carbocycles. The number of fused-ring (bicyclic) bond motifs is 1. The summed E-state index contributed by atoms with van der Waals surface area (Å²) >= 11 is 0. The first-order valence-electron chi connectivity index (χ1n) is 5.89. The third-order valence-corrected chi connectivity index (χ3v) is 2.94. The molecule has 0 aliphatic heterocycles. The smallest absolute Gasteiger partial charge is 0.195 e. The number of rotatable bonds is 2. The van der Waals surface area contributed by atoms with Crippen molar-refractivity contribution in [2.45, 2.75) is 20.8 Å². The Balaban J connectivity index is 3.04. The first-order valence-corrected chi connectivity index (χ1v) is 5.89. The zero-order valence-electron chi connectivity index (χ0n) is 11.0. The molecule has 0 saturated heterocycles. The number of hydrogen-bond donors (Lipinski definition) is 1. The molecule has 0 amide bonds. The predicted molar refractivity (Wildman–Crippen MR) is 73.6 cm³/mol. The van der Waals surface area contributed by atoms with Crippen molar-refractivity contribution in [2.75, 3.05) is 0 Å². The highest BCUT2D eigenvalue weighted by Gasteiger charge is 2.19. The van der Waals surface area contributed by atoms with Crippen molar-refractivity contribution in [3.8, 4) is 5.75 Å². The standard InChI is InChI=1S/C15H14O4/c1-4-5-10-6-11-13(17)8(2)7-19-15(11)12(9(3)16)14(10)18/h4-7,18H,1-3H3. The number of allylic oxidation sites excluding steroid dienone is 1. The van der Waals surface area contributed by atoms with Gasteiger partial charge in [-0.1, -0.05) is 12.2 Å². The number of carbonyl (C=O) groups excluding carboxylic acids is 1. The van der Waals surface area contributed by atoms with Crippen LogP contribution in [-0.2, 0) is 0 Å². The second-order valence-corrected chi connectivity index (χ2v) is 4.37. The molecule has 2 aromatic rings. The van der Waals surface area contributed by atoms with Crippen LogP contribution in [0.3, 0.4) is 0 Å². The van der Waals surface area contributed by atoms with Crippen molar-refractivity contribution in [3.05, 3.63) is 45.3 Å². The maximum atomic E-state index is 12.1. The lowest BCUT2D eigenvalue weighted by molar-refractivity contribution is 0.101. The highest BCUT2D eigenvalue weighted by molar-refractivity contribution is 6.08. The number of phenolic OH excluding ortho intramolecular Hbond substituents is 1. The molecular formula is C15H14O4. The number of ketones is 1. The number of Topliss-reactive ketones (excluding diaryl/α,β-unsaturated/α-hetero) is 1. The lowest BCUT2D eigenvalue weighted by Gasteiger charge is -2.08.